The quantitative estimate of drug-likeness (QED) is 0.665. The summed E-state index contributed by atoms with van der Waals surface area (Å²) in [5, 5.41) is 4.18. The first-order valence-corrected chi connectivity index (χ1v) is 7.57. The van der Waals surface area contributed by atoms with Crippen molar-refractivity contribution in [2.75, 3.05) is 12.4 Å². The molecule has 98 valence electrons. The highest BCUT2D eigenvalue weighted by Gasteiger charge is 2.27. The molecule has 1 heterocycles. The van der Waals surface area contributed by atoms with Crippen LogP contribution in [0.2, 0.25) is 0 Å². The molecule has 3 rings (SSSR count). The summed E-state index contributed by atoms with van der Waals surface area (Å²) >= 11 is 1.77. The Hall–Kier alpha value is -1.55. The van der Waals surface area contributed by atoms with E-state index in [2.05, 4.69) is 39.6 Å². The first kappa shape index (κ1) is 12.5. The summed E-state index contributed by atoms with van der Waals surface area (Å²) in [5.41, 5.74) is 1.32. The van der Waals surface area contributed by atoms with Gasteiger partial charge >= 0.3 is 0 Å². The van der Waals surface area contributed by atoms with E-state index >= 15 is 0 Å². The minimum Gasteiger partial charge on any atom is -0.373 e. The molecular formula is C15H17N3S. The molecule has 0 spiro atoms. The van der Waals surface area contributed by atoms with E-state index < -0.39 is 0 Å². The molecule has 4 heteroatoms. The molecule has 1 aromatic carbocycles. The van der Waals surface area contributed by atoms with Gasteiger partial charge in [-0.3, -0.25) is 0 Å². The lowest BCUT2D eigenvalue weighted by Gasteiger charge is -2.07. The van der Waals surface area contributed by atoms with Crippen molar-refractivity contribution in [1.29, 1.82) is 0 Å². The number of hydrogen-bond donors (Lipinski definition) is 1. The maximum absolute atomic E-state index is 4.67. The Balaban J connectivity index is 1.74. The predicted molar refractivity (Wildman–Crippen MR) is 79.6 cm³/mol. The van der Waals surface area contributed by atoms with Gasteiger partial charge in [0, 0.05) is 24.8 Å². The van der Waals surface area contributed by atoms with Gasteiger partial charge in [-0.1, -0.05) is 30.3 Å². The number of anilines is 1. The van der Waals surface area contributed by atoms with Gasteiger partial charge in [0.25, 0.3) is 0 Å². The smallest absolute Gasteiger partial charge is 0.135 e. The predicted octanol–water partition coefficient (Wildman–Crippen LogP) is 3.69. The third-order valence-corrected chi connectivity index (χ3v) is 4.13. The van der Waals surface area contributed by atoms with Crippen LogP contribution in [0, 0.1) is 0 Å². The molecule has 0 atom stereocenters. The van der Waals surface area contributed by atoms with Crippen LogP contribution in [0.5, 0.6) is 0 Å². The summed E-state index contributed by atoms with van der Waals surface area (Å²) in [5.74, 6) is 3.46. The van der Waals surface area contributed by atoms with E-state index in [1.54, 1.807) is 11.8 Å². The summed E-state index contributed by atoms with van der Waals surface area (Å²) in [6, 6.07) is 12.5. The van der Waals surface area contributed by atoms with E-state index in [1.165, 1.54) is 18.4 Å². The second kappa shape index (κ2) is 5.61. The summed E-state index contributed by atoms with van der Waals surface area (Å²) in [6.45, 7) is 0. The lowest BCUT2D eigenvalue weighted by atomic mass is 10.2. The number of hydrogen-bond acceptors (Lipinski definition) is 4. The number of rotatable bonds is 5. The third-order valence-electron chi connectivity index (χ3n) is 3.15. The van der Waals surface area contributed by atoms with E-state index in [-0.39, 0.29) is 0 Å². The van der Waals surface area contributed by atoms with Gasteiger partial charge in [0.05, 0.1) is 0 Å². The number of thioether (sulfide) groups is 1. The molecule has 0 saturated heterocycles. The SMILES string of the molecule is CNc1cc(SCc2ccccc2)nc(C2CC2)n1. The largest absolute Gasteiger partial charge is 0.373 e. The normalized spacial score (nSPS) is 14.4. The standard InChI is InChI=1S/C15H17N3S/c1-16-13-9-14(18-15(17-13)12-7-8-12)19-10-11-5-3-2-4-6-11/h2-6,9,12H,7-8,10H2,1H3,(H,16,17,18). The fourth-order valence-corrected chi connectivity index (χ4v) is 2.76. The fourth-order valence-electron chi connectivity index (χ4n) is 1.90. The van der Waals surface area contributed by atoms with Gasteiger partial charge in [0.15, 0.2) is 0 Å². The second-order valence-corrected chi connectivity index (χ2v) is 5.74. The minimum absolute atomic E-state index is 0.587. The minimum atomic E-state index is 0.587. The average Bonchev–Trinajstić information content (AvgIpc) is 3.30. The zero-order valence-electron chi connectivity index (χ0n) is 11.0. The van der Waals surface area contributed by atoms with Crippen molar-refractivity contribution in [3.05, 3.63) is 47.8 Å². The van der Waals surface area contributed by atoms with Crippen molar-refractivity contribution < 1.29 is 0 Å². The van der Waals surface area contributed by atoms with Crippen molar-refractivity contribution in [3.8, 4) is 0 Å². The summed E-state index contributed by atoms with van der Waals surface area (Å²) in [7, 11) is 1.91. The summed E-state index contributed by atoms with van der Waals surface area (Å²) in [6.07, 6.45) is 2.46. The van der Waals surface area contributed by atoms with Crippen LogP contribution in [0.3, 0.4) is 0 Å². The molecule has 1 aliphatic rings. The molecular weight excluding hydrogens is 254 g/mol. The monoisotopic (exact) mass is 271 g/mol. The Morgan fingerprint density at radius 3 is 2.68 bits per heavy atom. The molecule has 1 fully saturated rings. The van der Waals surface area contributed by atoms with Gasteiger partial charge in [-0.2, -0.15) is 0 Å². The Bertz CT molecular complexity index is 553. The Morgan fingerprint density at radius 1 is 1.21 bits per heavy atom. The maximum Gasteiger partial charge on any atom is 0.135 e. The Labute approximate surface area is 117 Å². The summed E-state index contributed by atoms with van der Waals surface area (Å²) in [4.78, 5) is 9.20. The fraction of sp³-hybridized carbons (Fsp3) is 0.333. The van der Waals surface area contributed by atoms with E-state index in [0.29, 0.717) is 5.92 Å². The molecule has 19 heavy (non-hydrogen) atoms. The van der Waals surface area contributed by atoms with Gasteiger partial charge < -0.3 is 5.32 Å². The zero-order chi connectivity index (χ0) is 13.1. The Morgan fingerprint density at radius 2 is 2.00 bits per heavy atom. The van der Waals surface area contributed by atoms with Crippen LogP contribution in [0.1, 0.15) is 30.1 Å². The molecule has 0 aliphatic heterocycles. The van der Waals surface area contributed by atoms with Crippen molar-refractivity contribution >= 4 is 17.6 Å². The lowest BCUT2D eigenvalue weighted by molar-refractivity contribution is 0.880. The van der Waals surface area contributed by atoms with Crippen LogP contribution in [0.25, 0.3) is 0 Å². The first-order valence-electron chi connectivity index (χ1n) is 6.58. The van der Waals surface area contributed by atoms with Gasteiger partial charge in [-0.05, 0) is 18.4 Å². The van der Waals surface area contributed by atoms with Crippen molar-refractivity contribution in [2.45, 2.75) is 29.5 Å². The molecule has 1 saturated carbocycles. The molecule has 2 aromatic rings. The molecule has 1 N–H and O–H groups in total. The van der Waals surface area contributed by atoms with Gasteiger partial charge in [0.1, 0.15) is 16.7 Å². The van der Waals surface area contributed by atoms with Crippen molar-refractivity contribution in [1.82, 2.24) is 9.97 Å². The number of aromatic nitrogens is 2. The highest BCUT2D eigenvalue weighted by atomic mass is 32.2. The van der Waals surface area contributed by atoms with Crippen LogP contribution in [0.15, 0.2) is 41.4 Å². The van der Waals surface area contributed by atoms with Crippen molar-refractivity contribution in [3.63, 3.8) is 0 Å². The maximum atomic E-state index is 4.67. The topological polar surface area (TPSA) is 37.8 Å². The van der Waals surface area contributed by atoms with Crippen LogP contribution < -0.4 is 5.32 Å². The number of nitrogens with one attached hydrogen (secondary N) is 1. The number of benzene rings is 1. The van der Waals surface area contributed by atoms with Gasteiger partial charge in [-0.15, -0.1) is 11.8 Å². The van der Waals surface area contributed by atoms with Crippen LogP contribution in [0.4, 0.5) is 5.82 Å². The first-order chi connectivity index (χ1) is 9.35. The highest BCUT2D eigenvalue weighted by molar-refractivity contribution is 7.98. The summed E-state index contributed by atoms with van der Waals surface area (Å²) < 4.78 is 0. The third kappa shape index (κ3) is 3.26. The molecule has 3 nitrogen and oxygen atoms in total. The molecule has 0 radical (unpaired) electrons. The van der Waals surface area contributed by atoms with E-state index in [0.717, 1.165) is 22.4 Å². The molecule has 0 amide bonds. The van der Waals surface area contributed by atoms with Gasteiger partial charge in [0.2, 0.25) is 0 Å². The van der Waals surface area contributed by atoms with Crippen LogP contribution in [-0.4, -0.2) is 17.0 Å². The zero-order valence-corrected chi connectivity index (χ0v) is 11.8. The van der Waals surface area contributed by atoms with Gasteiger partial charge in [-0.25, -0.2) is 9.97 Å². The molecule has 0 unspecified atom stereocenters. The Kier molecular flexibility index (Phi) is 3.69. The lowest BCUT2D eigenvalue weighted by Crippen LogP contribution is -2.00. The number of nitrogens with zero attached hydrogens (tertiary/aromatic N) is 2. The van der Waals surface area contributed by atoms with E-state index in [9.17, 15) is 0 Å². The van der Waals surface area contributed by atoms with Crippen molar-refractivity contribution in [2.24, 2.45) is 0 Å². The van der Waals surface area contributed by atoms with Crippen LogP contribution in [-0.2, 0) is 5.75 Å². The highest BCUT2D eigenvalue weighted by Crippen LogP contribution is 2.39. The molecule has 0 bridgehead atoms. The van der Waals surface area contributed by atoms with E-state index in [1.807, 2.05) is 19.2 Å². The second-order valence-electron chi connectivity index (χ2n) is 4.75. The average molecular weight is 271 g/mol. The molecule has 1 aromatic heterocycles. The van der Waals surface area contributed by atoms with E-state index in [4.69, 9.17) is 0 Å². The molecule has 1 aliphatic carbocycles. The van der Waals surface area contributed by atoms with Crippen LogP contribution >= 0.6 is 11.8 Å².